The molecule has 7 nitrogen and oxygen atoms in total. The number of piperidine rings is 1. The van der Waals surface area contributed by atoms with Gasteiger partial charge in [-0.1, -0.05) is 12.5 Å². The number of nitrogens with zero attached hydrogens (tertiary/aromatic N) is 1. The molecule has 2 aromatic rings. The van der Waals surface area contributed by atoms with E-state index < -0.39 is 10.0 Å². The van der Waals surface area contributed by atoms with Gasteiger partial charge in [-0.25, -0.2) is 8.42 Å². The molecule has 0 aliphatic carbocycles. The van der Waals surface area contributed by atoms with Crippen LogP contribution in [0.3, 0.4) is 0 Å². The summed E-state index contributed by atoms with van der Waals surface area (Å²) in [6, 6.07) is 11.5. The van der Waals surface area contributed by atoms with E-state index >= 15 is 0 Å². The number of carbonyl (C=O) groups is 2. The summed E-state index contributed by atoms with van der Waals surface area (Å²) >= 11 is 0. The van der Waals surface area contributed by atoms with E-state index in [9.17, 15) is 18.0 Å². The molecular weight excluding hydrogens is 390 g/mol. The number of benzene rings is 2. The molecule has 1 saturated heterocycles. The highest BCUT2D eigenvalue weighted by Gasteiger charge is 2.26. The van der Waals surface area contributed by atoms with Crippen molar-refractivity contribution in [3.05, 3.63) is 53.6 Å². The van der Waals surface area contributed by atoms with Gasteiger partial charge in [-0.05, 0) is 61.2 Å². The van der Waals surface area contributed by atoms with Crippen LogP contribution in [-0.2, 0) is 21.2 Å². The van der Waals surface area contributed by atoms with Crippen molar-refractivity contribution in [1.29, 1.82) is 0 Å². The van der Waals surface area contributed by atoms with Crippen molar-refractivity contribution in [2.75, 3.05) is 23.7 Å². The second kappa shape index (κ2) is 7.96. The number of hydrogen-bond donors (Lipinski definition) is 2. The molecule has 2 aliphatic rings. The summed E-state index contributed by atoms with van der Waals surface area (Å²) in [5.41, 5.74) is 2.54. The Morgan fingerprint density at radius 3 is 2.59 bits per heavy atom. The molecule has 0 aromatic heterocycles. The normalized spacial score (nSPS) is 17.3. The first kappa shape index (κ1) is 19.6. The molecule has 152 valence electrons. The highest BCUT2D eigenvalue weighted by atomic mass is 32.2. The molecule has 29 heavy (non-hydrogen) atoms. The fourth-order valence-electron chi connectivity index (χ4n) is 3.72. The van der Waals surface area contributed by atoms with Crippen LogP contribution in [0.4, 0.5) is 11.4 Å². The number of nitrogens with one attached hydrogen (secondary N) is 2. The fourth-order valence-corrected chi connectivity index (χ4v) is 5.28. The summed E-state index contributed by atoms with van der Waals surface area (Å²) in [5.74, 6) is -0.348. The Morgan fingerprint density at radius 1 is 1.00 bits per heavy atom. The lowest BCUT2D eigenvalue weighted by atomic mass is 10.00. The minimum atomic E-state index is -3.56. The molecule has 0 unspecified atom stereocenters. The maximum atomic E-state index is 12.9. The zero-order valence-electron chi connectivity index (χ0n) is 16.0. The third kappa shape index (κ3) is 4.18. The van der Waals surface area contributed by atoms with Gasteiger partial charge in [-0.15, -0.1) is 0 Å². The van der Waals surface area contributed by atoms with E-state index in [4.69, 9.17) is 0 Å². The Morgan fingerprint density at radius 2 is 1.79 bits per heavy atom. The molecule has 0 radical (unpaired) electrons. The highest BCUT2D eigenvalue weighted by molar-refractivity contribution is 7.89. The molecule has 2 aromatic carbocycles. The van der Waals surface area contributed by atoms with Crippen LogP contribution in [0.2, 0.25) is 0 Å². The minimum Gasteiger partial charge on any atom is -0.326 e. The molecule has 0 bridgehead atoms. The van der Waals surface area contributed by atoms with E-state index in [1.165, 1.54) is 10.4 Å². The first-order valence-electron chi connectivity index (χ1n) is 9.78. The predicted octanol–water partition coefficient (Wildman–Crippen LogP) is 3.00. The van der Waals surface area contributed by atoms with Crippen LogP contribution < -0.4 is 10.6 Å². The van der Waals surface area contributed by atoms with Crippen molar-refractivity contribution in [1.82, 2.24) is 4.31 Å². The smallest absolute Gasteiger partial charge is 0.255 e. The van der Waals surface area contributed by atoms with E-state index in [0.29, 0.717) is 37.2 Å². The number of aryl methyl sites for hydroxylation is 1. The number of fused-ring (bicyclic) bond motifs is 1. The van der Waals surface area contributed by atoms with Gasteiger partial charge in [0.05, 0.1) is 4.90 Å². The largest absolute Gasteiger partial charge is 0.326 e. The maximum Gasteiger partial charge on any atom is 0.255 e. The van der Waals surface area contributed by atoms with Crippen LogP contribution in [0.1, 0.15) is 41.6 Å². The average Bonchev–Trinajstić information content (AvgIpc) is 2.74. The van der Waals surface area contributed by atoms with Crippen LogP contribution in [0.5, 0.6) is 0 Å². The third-order valence-corrected chi connectivity index (χ3v) is 7.20. The van der Waals surface area contributed by atoms with E-state index in [1.54, 1.807) is 36.4 Å². The molecule has 4 rings (SSSR count). The van der Waals surface area contributed by atoms with E-state index in [0.717, 1.165) is 30.5 Å². The molecule has 2 heterocycles. The van der Waals surface area contributed by atoms with Gasteiger partial charge in [0.25, 0.3) is 5.91 Å². The van der Waals surface area contributed by atoms with Crippen molar-refractivity contribution in [3.8, 4) is 0 Å². The first-order chi connectivity index (χ1) is 13.9. The quantitative estimate of drug-likeness (QED) is 0.805. The van der Waals surface area contributed by atoms with Crippen molar-refractivity contribution in [2.45, 2.75) is 37.0 Å². The lowest BCUT2D eigenvalue weighted by Crippen LogP contribution is -2.35. The molecule has 0 atom stereocenters. The van der Waals surface area contributed by atoms with Crippen molar-refractivity contribution in [2.24, 2.45) is 0 Å². The Labute approximate surface area is 170 Å². The maximum absolute atomic E-state index is 12.9. The average molecular weight is 413 g/mol. The van der Waals surface area contributed by atoms with Crippen molar-refractivity contribution < 1.29 is 18.0 Å². The van der Waals surface area contributed by atoms with Gasteiger partial charge < -0.3 is 10.6 Å². The molecule has 8 heteroatoms. The zero-order valence-corrected chi connectivity index (χ0v) is 16.8. The molecule has 0 saturated carbocycles. The number of carbonyl (C=O) groups excluding carboxylic acids is 2. The lowest BCUT2D eigenvalue weighted by molar-refractivity contribution is -0.116. The molecule has 1 fully saturated rings. The summed E-state index contributed by atoms with van der Waals surface area (Å²) in [4.78, 5) is 24.3. The molecular formula is C21H23N3O4S. The van der Waals surface area contributed by atoms with Gasteiger partial charge in [-0.2, -0.15) is 4.31 Å². The minimum absolute atomic E-state index is 0.0265. The van der Waals surface area contributed by atoms with Gasteiger partial charge >= 0.3 is 0 Å². The Hall–Kier alpha value is -2.71. The van der Waals surface area contributed by atoms with Crippen LogP contribution in [0, 0.1) is 0 Å². The van der Waals surface area contributed by atoms with E-state index in [1.807, 2.05) is 0 Å². The summed E-state index contributed by atoms with van der Waals surface area (Å²) in [5, 5.41) is 5.57. The summed E-state index contributed by atoms with van der Waals surface area (Å²) in [6.45, 7) is 1.06. The van der Waals surface area contributed by atoms with Crippen LogP contribution in [0.15, 0.2) is 47.4 Å². The Kier molecular flexibility index (Phi) is 5.38. The zero-order chi connectivity index (χ0) is 20.4. The number of anilines is 2. The Balaban J connectivity index is 1.52. The van der Waals surface area contributed by atoms with Gasteiger partial charge in [0.15, 0.2) is 0 Å². The fraction of sp³-hybridized carbons (Fsp3) is 0.333. The number of sulfonamides is 1. The topological polar surface area (TPSA) is 95.6 Å². The number of amides is 2. The highest BCUT2D eigenvalue weighted by Crippen LogP contribution is 2.25. The summed E-state index contributed by atoms with van der Waals surface area (Å²) in [6.07, 6.45) is 3.77. The van der Waals surface area contributed by atoms with Gasteiger partial charge in [0, 0.05) is 36.4 Å². The van der Waals surface area contributed by atoms with Crippen molar-refractivity contribution in [3.63, 3.8) is 0 Å². The molecule has 2 amide bonds. The third-order valence-electron chi connectivity index (χ3n) is 5.31. The first-order valence-corrected chi connectivity index (χ1v) is 11.2. The molecule has 0 spiro atoms. The lowest BCUT2D eigenvalue weighted by Gasteiger charge is -2.26. The van der Waals surface area contributed by atoms with Crippen LogP contribution >= 0.6 is 0 Å². The van der Waals surface area contributed by atoms with Gasteiger partial charge in [0.1, 0.15) is 0 Å². The summed E-state index contributed by atoms with van der Waals surface area (Å²) in [7, 11) is -3.56. The standard InChI is InChI=1S/C21H23N3O4S/c25-20-10-8-15-13-16(7-9-19(15)23-20)21(26)22-17-5-4-6-18(14-17)29(27,28)24-11-2-1-3-12-24/h4-7,9,13-14H,1-3,8,10-12H2,(H,22,26)(H,23,25). The Bertz CT molecular complexity index is 1060. The van der Waals surface area contributed by atoms with Crippen LogP contribution in [0.25, 0.3) is 0 Å². The second-order valence-electron chi connectivity index (χ2n) is 7.37. The van der Waals surface area contributed by atoms with Gasteiger partial charge in [-0.3, -0.25) is 9.59 Å². The number of rotatable bonds is 4. The summed E-state index contributed by atoms with van der Waals surface area (Å²) < 4.78 is 27.2. The molecule has 2 aliphatic heterocycles. The van der Waals surface area contributed by atoms with Crippen LogP contribution in [-0.4, -0.2) is 37.6 Å². The van der Waals surface area contributed by atoms with Crippen molar-refractivity contribution >= 4 is 33.2 Å². The van der Waals surface area contributed by atoms with Gasteiger partial charge in [0.2, 0.25) is 15.9 Å². The SMILES string of the molecule is O=C1CCc2cc(C(=O)Nc3cccc(S(=O)(=O)N4CCCCC4)c3)ccc2N1. The second-order valence-corrected chi connectivity index (χ2v) is 9.30. The predicted molar refractivity (Wildman–Crippen MR) is 110 cm³/mol. The molecule has 2 N–H and O–H groups in total. The van der Waals surface area contributed by atoms with E-state index in [2.05, 4.69) is 10.6 Å². The monoisotopic (exact) mass is 413 g/mol. The number of hydrogen-bond acceptors (Lipinski definition) is 4. The van der Waals surface area contributed by atoms with E-state index in [-0.39, 0.29) is 16.7 Å².